The number of carbonyl (C=O) groups is 2. The Bertz CT molecular complexity index is 268. The minimum atomic E-state index is -0.930. The predicted molar refractivity (Wildman–Crippen MR) is 65.7 cm³/mol. The van der Waals surface area contributed by atoms with Crippen molar-refractivity contribution in [2.75, 3.05) is 6.54 Å². The average molecular weight is 241 g/mol. The molecule has 1 N–H and O–H groups in total. The van der Waals surface area contributed by atoms with E-state index in [1.807, 2.05) is 13.8 Å². The molecule has 0 atom stereocenters. The maximum absolute atomic E-state index is 12.3. The molecule has 0 aromatic rings. The second-order valence-electron chi connectivity index (χ2n) is 5.14. The van der Waals surface area contributed by atoms with Crippen LogP contribution in [0.1, 0.15) is 52.4 Å². The minimum absolute atomic E-state index is 0.0318. The van der Waals surface area contributed by atoms with Gasteiger partial charge in [0.25, 0.3) is 0 Å². The van der Waals surface area contributed by atoms with Gasteiger partial charge < -0.3 is 10.0 Å². The maximum atomic E-state index is 12.3. The summed E-state index contributed by atoms with van der Waals surface area (Å²) in [7, 11) is 0. The molecular weight excluding hydrogens is 218 g/mol. The van der Waals surface area contributed by atoms with Gasteiger partial charge in [0.15, 0.2) is 0 Å². The third-order valence-corrected chi connectivity index (χ3v) is 3.42. The Hall–Kier alpha value is -1.06. The van der Waals surface area contributed by atoms with Gasteiger partial charge in [-0.05, 0) is 26.7 Å². The van der Waals surface area contributed by atoms with Crippen LogP contribution in [0.2, 0.25) is 0 Å². The van der Waals surface area contributed by atoms with Gasteiger partial charge in [0.05, 0.1) is 0 Å². The van der Waals surface area contributed by atoms with E-state index in [1.165, 1.54) is 17.7 Å². The molecule has 0 saturated heterocycles. The van der Waals surface area contributed by atoms with E-state index in [1.54, 1.807) is 0 Å². The molecule has 0 aromatic heterocycles. The number of carbonyl (C=O) groups excluding carboxylic acids is 1. The summed E-state index contributed by atoms with van der Waals surface area (Å²) in [4.78, 5) is 24.6. The Morgan fingerprint density at radius 2 is 1.71 bits per heavy atom. The van der Waals surface area contributed by atoms with Gasteiger partial charge in [0.2, 0.25) is 5.91 Å². The lowest BCUT2D eigenvalue weighted by atomic mass is 9.98. The van der Waals surface area contributed by atoms with Crippen molar-refractivity contribution in [2.45, 2.75) is 58.4 Å². The number of hydrogen-bond donors (Lipinski definition) is 1. The molecule has 0 bridgehead atoms. The van der Waals surface area contributed by atoms with E-state index < -0.39 is 5.97 Å². The van der Waals surface area contributed by atoms with Crippen LogP contribution in [0.3, 0.4) is 0 Å². The van der Waals surface area contributed by atoms with Crippen molar-refractivity contribution in [3.8, 4) is 0 Å². The highest BCUT2D eigenvalue weighted by atomic mass is 16.4. The SMILES string of the molecule is CC(C)N(CC(=O)O)C(=O)C1CCCCCC1. The quantitative estimate of drug-likeness (QED) is 0.768. The first-order valence-electron chi connectivity index (χ1n) is 6.54. The van der Waals surface area contributed by atoms with Crippen molar-refractivity contribution in [2.24, 2.45) is 5.92 Å². The number of amides is 1. The zero-order valence-corrected chi connectivity index (χ0v) is 10.8. The lowest BCUT2D eigenvalue weighted by molar-refractivity contribution is -0.148. The number of carboxylic acid groups (broad SMARTS) is 1. The molecule has 1 aliphatic carbocycles. The molecule has 0 heterocycles. The fourth-order valence-electron chi connectivity index (χ4n) is 2.42. The lowest BCUT2D eigenvalue weighted by Gasteiger charge is -2.28. The summed E-state index contributed by atoms with van der Waals surface area (Å²) in [6.45, 7) is 3.57. The summed E-state index contributed by atoms with van der Waals surface area (Å²) in [5, 5.41) is 8.84. The monoisotopic (exact) mass is 241 g/mol. The molecule has 0 unspecified atom stereocenters. The van der Waals surface area contributed by atoms with Gasteiger partial charge in [-0.15, -0.1) is 0 Å². The van der Waals surface area contributed by atoms with Gasteiger partial charge in [0.1, 0.15) is 6.54 Å². The van der Waals surface area contributed by atoms with Crippen molar-refractivity contribution in [3.05, 3.63) is 0 Å². The van der Waals surface area contributed by atoms with Crippen LogP contribution in [0, 0.1) is 5.92 Å². The third-order valence-electron chi connectivity index (χ3n) is 3.42. The summed E-state index contributed by atoms with van der Waals surface area (Å²) in [6, 6.07) is -0.0400. The second-order valence-corrected chi connectivity index (χ2v) is 5.14. The predicted octanol–water partition coefficient (Wildman–Crippen LogP) is 2.28. The van der Waals surface area contributed by atoms with Crippen LogP contribution < -0.4 is 0 Å². The Balaban J connectivity index is 2.65. The Kier molecular flexibility index (Phi) is 5.45. The van der Waals surface area contributed by atoms with Gasteiger partial charge in [-0.25, -0.2) is 0 Å². The van der Waals surface area contributed by atoms with Gasteiger partial charge >= 0.3 is 5.97 Å². The molecule has 0 aliphatic heterocycles. The van der Waals surface area contributed by atoms with Gasteiger partial charge in [-0.3, -0.25) is 9.59 Å². The number of carboxylic acids is 1. The average Bonchev–Trinajstić information content (AvgIpc) is 2.52. The van der Waals surface area contributed by atoms with Gasteiger partial charge in [0, 0.05) is 12.0 Å². The topological polar surface area (TPSA) is 57.6 Å². The summed E-state index contributed by atoms with van der Waals surface area (Å²) in [5.41, 5.74) is 0. The number of hydrogen-bond acceptors (Lipinski definition) is 2. The number of rotatable bonds is 4. The number of aliphatic carboxylic acids is 1. The molecule has 0 aromatic carbocycles. The normalized spacial score (nSPS) is 17.8. The van der Waals surface area contributed by atoms with E-state index >= 15 is 0 Å². The smallest absolute Gasteiger partial charge is 0.323 e. The maximum Gasteiger partial charge on any atom is 0.323 e. The Labute approximate surface area is 103 Å². The fraction of sp³-hybridized carbons (Fsp3) is 0.846. The van der Waals surface area contributed by atoms with Crippen molar-refractivity contribution >= 4 is 11.9 Å². The van der Waals surface area contributed by atoms with E-state index in [9.17, 15) is 9.59 Å². The molecule has 0 spiro atoms. The molecule has 1 saturated carbocycles. The van der Waals surface area contributed by atoms with Crippen LogP contribution in [0.25, 0.3) is 0 Å². The third kappa shape index (κ3) is 4.36. The molecule has 0 radical (unpaired) electrons. The van der Waals surface area contributed by atoms with Crippen LogP contribution >= 0.6 is 0 Å². The first-order chi connectivity index (χ1) is 8.02. The molecule has 1 amide bonds. The first-order valence-corrected chi connectivity index (χ1v) is 6.54. The van der Waals surface area contributed by atoms with E-state index in [2.05, 4.69) is 0 Å². The van der Waals surface area contributed by atoms with Gasteiger partial charge in [-0.1, -0.05) is 25.7 Å². The summed E-state index contributed by atoms with van der Waals surface area (Å²) in [6.07, 6.45) is 6.42. The molecule has 1 fully saturated rings. The highest BCUT2D eigenvalue weighted by molar-refractivity contribution is 5.83. The van der Waals surface area contributed by atoms with Crippen LogP contribution in [-0.4, -0.2) is 34.5 Å². The fourth-order valence-corrected chi connectivity index (χ4v) is 2.42. The highest BCUT2D eigenvalue weighted by Gasteiger charge is 2.27. The van der Waals surface area contributed by atoms with Crippen LogP contribution in [-0.2, 0) is 9.59 Å². The van der Waals surface area contributed by atoms with Gasteiger partial charge in [-0.2, -0.15) is 0 Å². The standard InChI is InChI=1S/C13H23NO3/c1-10(2)14(9-12(15)16)13(17)11-7-5-3-4-6-8-11/h10-11H,3-9H2,1-2H3,(H,15,16). The zero-order valence-electron chi connectivity index (χ0n) is 10.8. The molecule has 4 heteroatoms. The summed E-state index contributed by atoms with van der Waals surface area (Å²) >= 11 is 0. The molecule has 4 nitrogen and oxygen atoms in total. The highest BCUT2D eigenvalue weighted by Crippen LogP contribution is 2.25. The number of nitrogens with zero attached hydrogens (tertiary/aromatic N) is 1. The van der Waals surface area contributed by atoms with E-state index in [-0.39, 0.29) is 24.4 Å². The first kappa shape index (κ1) is 14.0. The van der Waals surface area contributed by atoms with Crippen LogP contribution in [0.4, 0.5) is 0 Å². The van der Waals surface area contributed by atoms with Crippen molar-refractivity contribution < 1.29 is 14.7 Å². The van der Waals surface area contributed by atoms with E-state index in [0.29, 0.717) is 0 Å². The van der Waals surface area contributed by atoms with Crippen LogP contribution in [0.15, 0.2) is 0 Å². The van der Waals surface area contributed by atoms with E-state index in [0.717, 1.165) is 25.7 Å². The summed E-state index contributed by atoms with van der Waals surface area (Å²) in [5.74, 6) is -0.857. The largest absolute Gasteiger partial charge is 0.480 e. The van der Waals surface area contributed by atoms with E-state index in [4.69, 9.17) is 5.11 Å². The Morgan fingerprint density at radius 3 is 2.12 bits per heavy atom. The Morgan fingerprint density at radius 1 is 1.18 bits per heavy atom. The molecule has 17 heavy (non-hydrogen) atoms. The molecular formula is C13H23NO3. The lowest BCUT2D eigenvalue weighted by Crippen LogP contribution is -2.43. The minimum Gasteiger partial charge on any atom is -0.480 e. The molecule has 98 valence electrons. The molecule has 1 aliphatic rings. The van der Waals surface area contributed by atoms with Crippen molar-refractivity contribution in [1.82, 2.24) is 4.90 Å². The summed E-state index contributed by atoms with van der Waals surface area (Å²) < 4.78 is 0. The second kappa shape index (κ2) is 6.62. The van der Waals surface area contributed by atoms with Crippen LogP contribution in [0.5, 0.6) is 0 Å². The zero-order chi connectivity index (χ0) is 12.8. The molecule has 1 rings (SSSR count). The van der Waals surface area contributed by atoms with Crippen molar-refractivity contribution in [1.29, 1.82) is 0 Å². The van der Waals surface area contributed by atoms with Crippen molar-refractivity contribution in [3.63, 3.8) is 0 Å².